The smallest absolute Gasteiger partial charge is 0.239 e. The van der Waals surface area contributed by atoms with Gasteiger partial charge in [-0.1, -0.05) is 13.3 Å². The van der Waals surface area contributed by atoms with E-state index in [0.29, 0.717) is 13.1 Å². The summed E-state index contributed by atoms with van der Waals surface area (Å²) in [5.74, 6) is 0.986. The fourth-order valence-electron chi connectivity index (χ4n) is 2.46. The van der Waals surface area contributed by atoms with E-state index in [-0.39, 0.29) is 11.9 Å². The maximum atomic E-state index is 12.0. The molecular formula is C14H24N6O. The van der Waals surface area contributed by atoms with Crippen molar-refractivity contribution in [2.45, 2.75) is 45.7 Å². The number of nitrogens with zero attached hydrogens (tertiary/aromatic N) is 3. The van der Waals surface area contributed by atoms with Crippen LogP contribution in [0.4, 0.5) is 11.8 Å². The number of nitrogens with one attached hydrogen (secondary N) is 1. The first-order chi connectivity index (χ1) is 10.0. The minimum absolute atomic E-state index is 0.0571. The number of hydrogen-bond donors (Lipinski definition) is 3. The molecule has 0 saturated carbocycles. The molecule has 1 atom stereocenters. The van der Waals surface area contributed by atoms with E-state index < -0.39 is 6.04 Å². The second-order valence-electron chi connectivity index (χ2n) is 5.43. The average Bonchev–Trinajstić information content (AvgIpc) is 2.45. The van der Waals surface area contributed by atoms with Crippen LogP contribution in [-0.2, 0) is 17.8 Å². The van der Waals surface area contributed by atoms with E-state index in [1.54, 1.807) is 11.8 Å². The van der Waals surface area contributed by atoms with Crippen molar-refractivity contribution in [2.75, 3.05) is 24.1 Å². The highest BCUT2D eigenvalue weighted by atomic mass is 16.2. The van der Waals surface area contributed by atoms with E-state index in [4.69, 9.17) is 11.5 Å². The summed E-state index contributed by atoms with van der Waals surface area (Å²) in [6.07, 6.45) is 2.92. The lowest BCUT2D eigenvalue weighted by molar-refractivity contribution is -0.133. The highest BCUT2D eigenvalue weighted by Gasteiger charge is 2.26. The van der Waals surface area contributed by atoms with Crippen molar-refractivity contribution in [3.63, 3.8) is 0 Å². The number of unbranched alkanes of at least 4 members (excludes halogenated alkanes) is 1. The average molecular weight is 292 g/mol. The van der Waals surface area contributed by atoms with Crippen molar-refractivity contribution in [3.05, 3.63) is 11.3 Å². The van der Waals surface area contributed by atoms with Gasteiger partial charge in [-0.05, 0) is 19.8 Å². The van der Waals surface area contributed by atoms with Crippen molar-refractivity contribution in [3.8, 4) is 0 Å². The first kappa shape index (κ1) is 15.5. The summed E-state index contributed by atoms with van der Waals surface area (Å²) in [7, 11) is 0. The number of hydrogen-bond acceptors (Lipinski definition) is 6. The topological polar surface area (TPSA) is 110 Å². The first-order valence-electron chi connectivity index (χ1n) is 7.46. The van der Waals surface area contributed by atoms with Crippen LogP contribution in [0.2, 0.25) is 0 Å². The largest absolute Gasteiger partial charge is 0.370 e. The molecule has 0 fully saturated rings. The number of nitrogens with two attached hydrogens (primary N) is 2. The molecule has 1 amide bonds. The van der Waals surface area contributed by atoms with Crippen molar-refractivity contribution in [1.29, 1.82) is 0 Å². The highest BCUT2D eigenvalue weighted by molar-refractivity contribution is 5.81. The maximum absolute atomic E-state index is 12.0. The molecule has 116 valence electrons. The molecule has 2 heterocycles. The molecule has 1 aliphatic heterocycles. The zero-order chi connectivity index (χ0) is 15.4. The summed E-state index contributed by atoms with van der Waals surface area (Å²) >= 11 is 0. The third kappa shape index (κ3) is 3.60. The van der Waals surface area contributed by atoms with E-state index in [0.717, 1.165) is 42.9 Å². The molecule has 2 rings (SSSR count). The third-order valence-corrected chi connectivity index (χ3v) is 3.61. The predicted octanol–water partition coefficient (Wildman–Crippen LogP) is 0.503. The van der Waals surface area contributed by atoms with E-state index in [9.17, 15) is 4.79 Å². The fourth-order valence-corrected chi connectivity index (χ4v) is 2.46. The van der Waals surface area contributed by atoms with Crippen LogP contribution in [0.25, 0.3) is 0 Å². The van der Waals surface area contributed by atoms with Crippen molar-refractivity contribution >= 4 is 17.7 Å². The third-order valence-electron chi connectivity index (χ3n) is 3.61. The number of carbonyl (C=O) groups excluding carboxylic acids is 1. The summed E-state index contributed by atoms with van der Waals surface area (Å²) in [4.78, 5) is 22.3. The van der Waals surface area contributed by atoms with Gasteiger partial charge in [0.15, 0.2) is 0 Å². The molecule has 0 aromatic carbocycles. The lowest BCUT2D eigenvalue weighted by atomic mass is 10.0. The Morgan fingerprint density at radius 3 is 2.90 bits per heavy atom. The molecule has 21 heavy (non-hydrogen) atoms. The van der Waals surface area contributed by atoms with Gasteiger partial charge in [-0.15, -0.1) is 0 Å². The van der Waals surface area contributed by atoms with Crippen molar-refractivity contribution in [1.82, 2.24) is 14.9 Å². The molecule has 1 aromatic heterocycles. The molecule has 5 N–H and O–H groups in total. The van der Waals surface area contributed by atoms with Gasteiger partial charge in [0, 0.05) is 18.7 Å². The normalized spacial score (nSPS) is 15.5. The molecule has 7 nitrogen and oxygen atoms in total. The molecular weight excluding hydrogens is 268 g/mol. The van der Waals surface area contributed by atoms with Crippen molar-refractivity contribution < 1.29 is 4.79 Å². The number of nitrogen functional groups attached to an aromatic ring is 1. The Balaban J connectivity index is 2.18. The first-order valence-corrected chi connectivity index (χ1v) is 7.46. The number of fused-ring (bicyclic) bond motifs is 1. The van der Waals surface area contributed by atoms with Gasteiger partial charge < -0.3 is 21.7 Å². The Hall–Kier alpha value is -1.89. The molecule has 0 radical (unpaired) electrons. The van der Waals surface area contributed by atoms with Crippen LogP contribution in [0.15, 0.2) is 0 Å². The van der Waals surface area contributed by atoms with Gasteiger partial charge in [-0.2, -0.15) is 4.98 Å². The summed E-state index contributed by atoms with van der Waals surface area (Å²) in [6, 6.07) is -0.493. The molecule has 0 bridgehead atoms. The van der Waals surface area contributed by atoms with Crippen LogP contribution in [0.1, 0.15) is 37.9 Å². The molecule has 1 aromatic rings. The summed E-state index contributed by atoms with van der Waals surface area (Å²) in [6.45, 7) is 5.79. The number of aromatic nitrogens is 2. The second kappa shape index (κ2) is 6.71. The molecule has 0 spiro atoms. The van der Waals surface area contributed by atoms with Crippen LogP contribution >= 0.6 is 0 Å². The van der Waals surface area contributed by atoms with Crippen molar-refractivity contribution in [2.24, 2.45) is 5.73 Å². The Kier molecular flexibility index (Phi) is 4.95. The molecule has 1 aliphatic rings. The van der Waals surface area contributed by atoms with Crippen LogP contribution in [0.3, 0.4) is 0 Å². The van der Waals surface area contributed by atoms with Crippen LogP contribution in [0.5, 0.6) is 0 Å². The van der Waals surface area contributed by atoms with Gasteiger partial charge in [0.05, 0.1) is 18.3 Å². The Morgan fingerprint density at radius 2 is 2.24 bits per heavy atom. The van der Waals surface area contributed by atoms with Gasteiger partial charge in [0.2, 0.25) is 11.9 Å². The van der Waals surface area contributed by atoms with Gasteiger partial charge in [0.1, 0.15) is 5.82 Å². The lowest BCUT2D eigenvalue weighted by Gasteiger charge is -2.30. The zero-order valence-corrected chi connectivity index (χ0v) is 12.7. The van der Waals surface area contributed by atoms with Gasteiger partial charge in [0.25, 0.3) is 0 Å². The molecule has 0 unspecified atom stereocenters. The van der Waals surface area contributed by atoms with E-state index in [1.165, 1.54) is 0 Å². The van der Waals surface area contributed by atoms with Crippen LogP contribution in [-0.4, -0.2) is 39.9 Å². The van der Waals surface area contributed by atoms with E-state index >= 15 is 0 Å². The summed E-state index contributed by atoms with van der Waals surface area (Å²) in [5, 5.41) is 3.32. The highest BCUT2D eigenvalue weighted by Crippen LogP contribution is 2.24. The standard InChI is InChI=1S/C14H24N6O/c1-3-4-6-17-12-10-5-7-20(13(21)9(2)15)8-11(10)18-14(16)19-12/h9H,3-8,15H2,1-2H3,(H3,16,17,18,19)/t9-/m0/s1. The zero-order valence-electron chi connectivity index (χ0n) is 12.7. The second-order valence-corrected chi connectivity index (χ2v) is 5.43. The molecule has 0 aliphatic carbocycles. The number of amides is 1. The predicted molar refractivity (Wildman–Crippen MR) is 82.6 cm³/mol. The summed E-state index contributed by atoms with van der Waals surface area (Å²) in [5.41, 5.74) is 13.3. The van der Waals surface area contributed by atoms with Crippen LogP contribution in [0, 0.1) is 0 Å². The van der Waals surface area contributed by atoms with Gasteiger partial charge in [-0.25, -0.2) is 4.98 Å². The van der Waals surface area contributed by atoms with E-state index in [2.05, 4.69) is 22.2 Å². The van der Waals surface area contributed by atoms with E-state index in [1.807, 2.05) is 0 Å². The molecule has 7 heteroatoms. The molecule has 0 saturated heterocycles. The van der Waals surface area contributed by atoms with Crippen LogP contribution < -0.4 is 16.8 Å². The number of anilines is 2. The lowest BCUT2D eigenvalue weighted by Crippen LogP contribution is -2.44. The summed E-state index contributed by atoms with van der Waals surface area (Å²) < 4.78 is 0. The number of rotatable bonds is 5. The minimum Gasteiger partial charge on any atom is -0.370 e. The monoisotopic (exact) mass is 292 g/mol. The van der Waals surface area contributed by atoms with Gasteiger partial charge >= 0.3 is 0 Å². The minimum atomic E-state index is -0.493. The Labute approximate surface area is 125 Å². The fraction of sp³-hybridized carbons (Fsp3) is 0.643. The van der Waals surface area contributed by atoms with Gasteiger partial charge in [-0.3, -0.25) is 4.79 Å². The number of carbonyl (C=O) groups is 1. The Bertz CT molecular complexity index is 516. The SMILES string of the molecule is CCCCNc1nc(N)nc2c1CCN(C(=O)[C@H](C)N)C2. The Morgan fingerprint density at radius 1 is 1.48 bits per heavy atom. The quantitative estimate of drug-likeness (QED) is 0.682. The maximum Gasteiger partial charge on any atom is 0.239 e.